The fourth-order valence-electron chi connectivity index (χ4n) is 0.0527. The molecule has 0 saturated carbocycles. The average molecular weight is 134 g/mol. The molecule has 0 N–H and O–H groups in total. The third-order valence-corrected chi connectivity index (χ3v) is 0.516. The van der Waals surface area contributed by atoms with Gasteiger partial charge >= 0.3 is 39.0 Å². The van der Waals surface area contributed by atoms with Crippen LogP contribution in [-0.4, -0.2) is 22.4 Å². The normalized spacial score (nSPS) is 6.40. The first-order valence-electron chi connectivity index (χ1n) is 1.32. The fourth-order valence-corrected chi connectivity index (χ4v) is 0.274. The number of hydrogen-bond donors (Lipinski definition) is 0. The van der Waals surface area contributed by atoms with Gasteiger partial charge in [-0.3, -0.25) is 0 Å². The molecular formula is C3H5NSe. The van der Waals surface area contributed by atoms with E-state index in [-0.39, 0.29) is 0 Å². The molecule has 0 spiro atoms. The zero-order valence-corrected chi connectivity index (χ0v) is 4.56. The summed E-state index contributed by atoms with van der Waals surface area (Å²) in [5.74, 6) is 0. The molecule has 28 valence electrons. The third-order valence-electron chi connectivity index (χ3n) is 0.204. The first-order chi connectivity index (χ1) is 2.41. The summed E-state index contributed by atoms with van der Waals surface area (Å²) in [6.45, 7) is 4.16. The molecule has 0 amide bonds. The van der Waals surface area contributed by atoms with E-state index in [0.717, 1.165) is 6.54 Å². The van der Waals surface area contributed by atoms with Crippen LogP contribution in [0.1, 0.15) is 0 Å². The summed E-state index contributed by atoms with van der Waals surface area (Å²) in [5.41, 5.74) is 0. The molecule has 0 aromatic rings. The zero-order valence-electron chi connectivity index (χ0n) is 2.85. The standard InChI is InChI=1S/C3H5NSe/c1-2-3-4-5/h2H,1,3H2. The summed E-state index contributed by atoms with van der Waals surface area (Å²) in [6.07, 6.45) is 1.73. The Hall–Kier alpha value is 0.0595. The molecule has 0 aromatic heterocycles. The van der Waals surface area contributed by atoms with Crippen LogP contribution in [0.25, 0.3) is 0 Å². The second-order valence-corrected chi connectivity index (χ2v) is 1.14. The van der Waals surface area contributed by atoms with E-state index in [2.05, 4.69) is 26.4 Å². The predicted octanol–water partition coefficient (Wildman–Crippen LogP) is 0.524. The molecule has 1 nitrogen and oxygen atoms in total. The monoisotopic (exact) mass is 135 g/mol. The molecule has 0 atom stereocenters. The van der Waals surface area contributed by atoms with E-state index in [1.54, 1.807) is 6.08 Å². The van der Waals surface area contributed by atoms with Crippen LogP contribution in [-0.2, 0) is 0 Å². The third kappa shape index (κ3) is 4.06. The fraction of sp³-hybridized carbons (Fsp3) is 0.333. The van der Waals surface area contributed by atoms with Gasteiger partial charge in [-0.15, -0.1) is 0 Å². The summed E-state index contributed by atoms with van der Waals surface area (Å²) >= 11 is 2.50. The molecule has 0 rings (SSSR count). The van der Waals surface area contributed by atoms with Crippen molar-refractivity contribution < 1.29 is 0 Å². The Kier molecular flexibility index (Phi) is 4.11. The molecular weight excluding hydrogens is 129 g/mol. The van der Waals surface area contributed by atoms with E-state index in [1.165, 1.54) is 0 Å². The second-order valence-electron chi connectivity index (χ2n) is 0.600. The van der Waals surface area contributed by atoms with Crippen LogP contribution in [0, 0.1) is 0 Å². The molecule has 5 heavy (non-hydrogen) atoms. The maximum atomic E-state index is 3.61. The molecule has 0 bridgehead atoms. The SMILES string of the molecule is C=CCN=[Se]. The van der Waals surface area contributed by atoms with Crippen LogP contribution in [0.15, 0.2) is 16.6 Å². The van der Waals surface area contributed by atoms with Gasteiger partial charge in [0.05, 0.1) is 0 Å². The quantitative estimate of drug-likeness (QED) is 0.385. The van der Waals surface area contributed by atoms with Crippen LogP contribution in [0.3, 0.4) is 0 Å². The molecule has 0 saturated heterocycles. The van der Waals surface area contributed by atoms with Crippen molar-refractivity contribution in [1.29, 1.82) is 0 Å². The van der Waals surface area contributed by atoms with Gasteiger partial charge in [0.2, 0.25) is 0 Å². The van der Waals surface area contributed by atoms with Crippen molar-refractivity contribution in [2.24, 2.45) is 3.96 Å². The van der Waals surface area contributed by atoms with Crippen molar-refractivity contribution in [2.75, 3.05) is 6.54 Å². The summed E-state index contributed by atoms with van der Waals surface area (Å²) in [5, 5.41) is 0. The Morgan fingerprint density at radius 1 is 2.00 bits per heavy atom. The minimum atomic E-state index is 0.722. The van der Waals surface area contributed by atoms with Crippen molar-refractivity contribution in [1.82, 2.24) is 0 Å². The molecule has 0 aromatic carbocycles. The average Bonchev–Trinajstić information content (AvgIpc) is 1.41. The first kappa shape index (κ1) is 5.06. The van der Waals surface area contributed by atoms with Gasteiger partial charge in [-0.05, 0) is 0 Å². The number of nitrogens with zero attached hydrogens (tertiary/aromatic N) is 1. The topological polar surface area (TPSA) is 12.4 Å². The molecule has 0 fully saturated rings. The van der Waals surface area contributed by atoms with Crippen LogP contribution in [0.4, 0.5) is 0 Å². The molecule has 0 unspecified atom stereocenters. The Labute approximate surface area is 39.7 Å². The van der Waals surface area contributed by atoms with Gasteiger partial charge in [0.15, 0.2) is 0 Å². The summed E-state index contributed by atoms with van der Waals surface area (Å²) in [7, 11) is 0. The van der Waals surface area contributed by atoms with Gasteiger partial charge in [0.1, 0.15) is 0 Å². The zero-order chi connectivity index (χ0) is 4.12. The van der Waals surface area contributed by atoms with E-state index >= 15 is 0 Å². The summed E-state index contributed by atoms with van der Waals surface area (Å²) < 4.78 is 3.61. The summed E-state index contributed by atoms with van der Waals surface area (Å²) in [6, 6.07) is 0. The van der Waals surface area contributed by atoms with Gasteiger partial charge in [-0.1, -0.05) is 0 Å². The Bertz CT molecular complexity index is 36.2. The number of hydrogen-bond acceptors (Lipinski definition) is 1. The molecule has 0 radical (unpaired) electrons. The molecule has 2 heteroatoms. The summed E-state index contributed by atoms with van der Waals surface area (Å²) in [4.78, 5) is 0. The second kappa shape index (κ2) is 4.06. The van der Waals surface area contributed by atoms with Crippen molar-refractivity contribution in [2.45, 2.75) is 0 Å². The Balaban J connectivity index is 2.65. The van der Waals surface area contributed by atoms with Gasteiger partial charge < -0.3 is 0 Å². The van der Waals surface area contributed by atoms with E-state index < -0.39 is 0 Å². The molecule has 0 aliphatic rings. The van der Waals surface area contributed by atoms with Crippen LogP contribution >= 0.6 is 0 Å². The Morgan fingerprint density at radius 3 is 2.60 bits per heavy atom. The van der Waals surface area contributed by atoms with Crippen LogP contribution in [0.2, 0.25) is 0 Å². The van der Waals surface area contributed by atoms with E-state index in [4.69, 9.17) is 0 Å². The molecule has 0 heterocycles. The Morgan fingerprint density at radius 2 is 2.60 bits per heavy atom. The van der Waals surface area contributed by atoms with Gasteiger partial charge in [-0.25, -0.2) is 0 Å². The molecule has 0 aliphatic carbocycles. The van der Waals surface area contributed by atoms with E-state index in [0.29, 0.717) is 0 Å². The van der Waals surface area contributed by atoms with E-state index in [9.17, 15) is 0 Å². The van der Waals surface area contributed by atoms with Crippen molar-refractivity contribution >= 4 is 15.8 Å². The molecule has 0 aliphatic heterocycles. The van der Waals surface area contributed by atoms with Crippen LogP contribution in [0.5, 0.6) is 0 Å². The van der Waals surface area contributed by atoms with Crippen LogP contribution < -0.4 is 0 Å². The van der Waals surface area contributed by atoms with Gasteiger partial charge in [0.25, 0.3) is 0 Å². The van der Waals surface area contributed by atoms with Crippen molar-refractivity contribution in [3.8, 4) is 0 Å². The van der Waals surface area contributed by atoms with Crippen molar-refractivity contribution in [3.05, 3.63) is 12.7 Å². The van der Waals surface area contributed by atoms with Gasteiger partial charge in [-0.2, -0.15) is 0 Å². The predicted molar refractivity (Wildman–Crippen MR) is 23.2 cm³/mol. The first-order valence-corrected chi connectivity index (χ1v) is 2.08. The van der Waals surface area contributed by atoms with E-state index in [1.807, 2.05) is 0 Å². The maximum absolute atomic E-state index is 3.61. The number of rotatable bonds is 2. The van der Waals surface area contributed by atoms with Crippen molar-refractivity contribution in [3.63, 3.8) is 0 Å². The van der Waals surface area contributed by atoms with Gasteiger partial charge in [0, 0.05) is 0 Å². The minimum absolute atomic E-state index is 0.722.